The summed E-state index contributed by atoms with van der Waals surface area (Å²) in [5.74, 6) is -0.519. The Morgan fingerprint density at radius 2 is 1.84 bits per heavy atom. The minimum Gasteiger partial charge on any atom is -0.302 e. The van der Waals surface area contributed by atoms with E-state index < -0.39 is 10.0 Å². The number of sulfonamides is 1. The van der Waals surface area contributed by atoms with Crippen LogP contribution in [0.1, 0.15) is 16.0 Å². The summed E-state index contributed by atoms with van der Waals surface area (Å²) in [7, 11) is -3.61. The molecule has 2 aromatic heterocycles. The monoisotopic (exact) mass is 487 g/mol. The number of thiophene rings is 1. The summed E-state index contributed by atoms with van der Waals surface area (Å²) in [5, 5.41) is 4.94. The first-order chi connectivity index (χ1) is 15.4. The van der Waals surface area contributed by atoms with Crippen LogP contribution in [0.15, 0.2) is 76.4 Å². The van der Waals surface area contributed by atoms with Crippen LogP contribution in [-0.4, -0.2) is 19.3 Å². The molecular weight excluding hydrogens is 469 g/mol. The second-order valence-electron chi connectivity index (χ2n) is 6.90. The van der Waals surface area contributed by atoms with Gasteiger partial charge in [-0.15, -0.1) is 22.7 Å². The molecule has 6 nitrogen and oxygen atoms in total. The van der Waals surface area contributed by atoms with Gasteiger partial charge in [-0.25, -0.2) is 17.8 Å². The van der Waals surface area contributed by atoms with Crippen LogP contribution >= 0.6 is 22.7 Å². The van der Waals surface area contributed by atoms with Crippen LogP contribution in [0.25, 0.3) is 0 Å². The van der Waals surface area contributed by atoms with E-state index in [0.29, 0.717) is 17.2 Å². The fourth-order valence-corrected chi connectivity index (χ4v) is 5.87. The lowest BCUT2D eigenvalue weighted by molar-refractivity contribution is -0.115. The number of aromatic nitrogens is 1. The fourth-order valence-electron chi connectivity index (χ4n) is 2.96. The van der Waals surface area contributed by atoms with Crippen molar-refractivity contribution < 1.29 is 17.6 Å². The summed E-state index contributed by atoms with van der Waals surface area (Å²) < 4.78 is 40.6. The first kappa shape index (κ1) is 22.1. The van der Waals surface area contributed by atoms with Gasteiger partial charge in [0.25, 0.3) is 10.0 Å². The highest BCUT2D eigenvalue weighted by atomic mass is 32.2. The van der Waals surface area contributed by atoms with Crippen molar-refractivity contribution in [3.63, 3.8) is 0 Å². The number of hydrogen-bond donors (Lipinski definition) is 2. The number of nitrogens with one attached hydrogen (secondary N) is 2. The average Bonchev–Trinajstić information content (AvgIpc) is 3.42. The molecule has 0 unspecified atom stereocenters. The van der Waals surface area contributed by atoms with Gasteiger partial charge in [0.2, 0.25) is 5.91 Å². The molecule has 0 radical (unpaired) electrons. The number of nitrogens with zero attached hydrogens (tertiary/aromatic N) is 1. The molecule has 0 saturated heterocycles. The third kappa shape index (κ3) is 5.78. The summed E-state index contributed by atoms with van der Waals surface area (Å²) in [4.78, 5) is 17.5. The number of carbonyl (C=O) groups excluding carboxylic acids is 1. The molecule has 0 atom stereocenters. The highest BCUT2D eigenvalue weighted by molar-refractivity contribution is 7.94. The van der Waals surface area contributed by atoms with Crippen LogP contribution < -0.4 is 10.0 Å². The van der Waals surface area contributed by atoms with Gasteiger partial charge in [0, 0.05) is 23.2 Å². The van der Waals surface area contributed by atoms with Gasteiger partial charge in [-0.3, -0.25) is 9.52 Å². The van der Waals surface area contributed by atoms with E-state index in [4.69, 9.17) is 0 Å². The lowest BCUT2D eigenvalue weighted by atomic mass is 10.1. The van der Waals surface area contributed by atoms with Gasteiger partial charge in [0.1, 0.15) is 10.0 Å². The van der Waals surface area contributed by atoms with Crippen LogP contribution in [0.5, 0.6) is 0 Å². The largest absolute Gasteiger partial charge is 0.302 e. The molecule has 0 aliphatic rings. The number of anilines is 2. The minimum atomic E-state index is -3.61. The molecule has 0 spiro atoms. The number of thiazole rings is 1. The van der Waals surface area contributed by atoms with E-state index in [0.717, 1.165) is 27.3 Å². The molecule has 10 heteroatoms. The van der Waals surface area contributed by atoms with Crippen molar-refractivity contribution in [1.29, 1.82) is 0 Å². The first-order valence-electron chi connectivity index (χ1n) is 9.52. The normalized spacial score (nSPS) is 11.3. The number of carbonyl (C=O) groups is 1. The molecule has 0 aliphatic heterocycles. The topological polar surface area (TPSA) is 88.2 Å². The molecule has 32 heavy (non-hydrogen) atoms. The minimum absolute atomic E-state index is 0.122. The molecular formula is C22H18FN3O3S3. The molecule has 4 rings (SSSR count). The third-order valence-corrected chi connectivity index (χ3v) is 8.09. The maximum absolute atomic E-state index is 13.3. The van der Waals surface area contributed by atoms with Gasteiger partial charge in [0.05, 0.1) is 6.42 Å². The van der Waals surface area contributed by atoms with Crippen molar-refractivity contribution in [2.75, 3.05) is 10.0 Å². The number of amides is 1. The summed E-state index contributed by atoms with van der Waals surface area (Å²) in [6.45, 7) is 0. The van der Waals surface area contributed by atoms with Crippen LogP contribution in [0.4, 0.5) is 15.2 Å². The lowest BCUT2D eigenvalue weighted by Crippen LogP contribution is -2.14. The quantitative estimate of drug-likeness (QED) is 0.369. The van der Waals surface area contributed by atoms with Gasteiger partial charge in [-0.05, 0) is 46.8 Å². The van der Waals surface area contributed by atoms with Gasteiger partial charge >= 0.3 is 0 Å². The highest BCUT2D eigenvalue weighted by Crippen LogP contribution is 2.23. The van der Waals surface area contributed by atoms with Gasteiger partial charge in [0.15, 0.2) is 5.13 Å². The van der Waals surface area contributed by atoms with Gasteiger partial charge < -0.3 is 5.32 Å². The highest BCUT2D eigenvalue weighted by Gasteiger charge is 2.15. The zero-order valence-electron chi connectivity index (χ0n) is 16.6. The first-order valence-corrected chi connectivity index (χ1v) is 12.7. The molecule has 0 aliphatic carbocycles. The van der Waals surface area contributed by atoms with E-state index in [2.05, 4.69) is 15.0 Å². The van der Waals surface area contributed by atoms with Crippen molar-refractivity contribution in [3.05, 3.63) is 94.1 Å². The van der Waals surface area contributed by atoms with E-state index in [1.165, 1.54) is 29.5 Å². The average molecular weight is 488 g/mol. The number of hydrogen-bond acceptors (Lipinski definition) is 6. The molecule has 2 aromatic carbocycles. The van der Waals surface area contributed by atoms with E-state index in [1.54, 1.807) is 48.0 Å². The van der Waals surface area contributed by atoms with Crippen LogP contribution in [0.2, 0.25) is 0 Å². The number of halogens is 1. The predicted molar refractivity (Wildman–Crippen MR) is 125 cm³/mol. The Morgan fingerprint density at radius 1 is 1.03 bits per heavy atom. The molecule has 2 N–H and O–H groups in total. The smallest absolute Gasteiger partial charge is 0.271 e. The SMILES string of the molecule is O=C(Cc1ccc(NS(=O)(=O)c2cccs2)cc1)Nc1ncc(Cc2cccc(F)c2)s1. The van der Waals surface area contributed by atoms with Gasteiger partial charge in [-0.2, -0.15) is 0 Å². The standard InChI is InChI=1S/C22H18FN3O3S3/c23-17-4-1-3-16(11-17)12-19-14-24-22(31-19)25-20(27)13-15-6-8-18(9-7-15)26-32(28,29)21-5-2-10-30-21/h1-11,14,26H,12-13H2,(H,24,25,27). The van der Waals surface area contributed by atoms with Gasteiger partial charge in [-0.1, -0.05) is 30.3 Å². The van der Waals surface area contributed by atoms with E-state index in [1.807, 2.05) is 6.07 Å². The van der Waals surface area contributed by atoms with Crippen molar-refractivity contribution >= 4 is 49.4 Å². The maximum atomic E-state index is 13.3. The molecule has 0 saturated carbocycles. The third-order valence-electron chi connectivity index (χ3n) is 4.40. The molecule has 164 valence electrons. The van der Waals surface area contributed by atoms with Crippen LogP contribution in [0, 0.1) is 5.82 Å². The summed E-state index contributed by atoms with van der Waals surface area (Å²) in [6.07, 6.45) is 2.32. The van der Waals surface area contributed by atoms with E-state index >= 15 is 0 Å². The fraction of sp³-hybridized carbons (Fsp3) is 0.0909. The zero-order valence-corrected chi connectivity index (χ0v) is 19.1. The van der Waals surface area contributed by atoms with E-state index in [-0.39, 0.29) is 22.4 Å². The van der Waals surface area contributed by atoms with Crippen LogP contribution in [-0.2, 0) is 27.7 Å². The molecule has 0 fully saturated rings. The molecule has 4 aromatic rings. The van der Waals surface area contributed by atoms with Crippen molar-refractivity contribution in [1.82, 2.24) is 4.98 Å². The summed E-state index contributed by atoms with van der Waals surface area (Å²) in [5.41, 5.74) is 1.99. The number of rotatable bonds is 8. The Balaban J connectivity index is 1.32. The Hall–Kier alpha value is -3.08. The second kappa shape index (κ2) is 9.60. The molecule has 1 amide bonds. The summed E-state index contributed by atoms with van der Waals surface area (Å²) in [6, 6.07) is 16.2. The number of benzene rings is 2. The van der Waals surface area contributed by atoms with E-state index in [9.17, 15) is 17.6 Å². The second-order valence-corrected chi connectivity index (χ2v) is 10.9. The predicted octanol–water partition coefficient (Wildman–Crippen LogP) is 4.92. The van der Waals surface area contributed by atoms with Crippen LogP contribution in [0.3, 0.4) is 0 Å². The molecule has 0 bridgehead atoms. The van der Waals surface area contributed by atoms with Crippen molar-refractivity contribution in [2.45, 2.75) is 17.1 Å². The molecule has 2 heterocycles. The Kier molecular flexibility index (Phi) is 6.63. The Bertz CT molecular complexity index is 1320. The summed E-state index contributed by atoms with van der Waals surface area (Å²) >= 11 is 2.48. The zero-order chi connectivity index (χ0) is 22.6. The Morgan fingerprint density at radius 3 is 2.56 bits per heavy atom. The van der Waals surface area contributed by atoms with Crippen molar-refractivity contribution in [3.8, 4) is 0 Å². The lowest BCUT2D eigenvalue weighted by Gasteiger charge is -2.07. The Labute approximate surface area is 192 Å². The maximum Gasteiger partial charge on any atom is 0.271 e. The van der Waals surface area contributed by atoms with Crippen molar-refractivity contribution in [2.24, 2.45) is 0 Å².